The molecule has 0 saturated heterocycles. The van der Waals surface area contributed by atoms with E-state index >= 15 is 0 Å². The average molecular weight is 918 g/mol. The number of rotatable bonds is 0. The predicted molar refractivity (Wildman–Crippen MR) is 271 cm³/mol. The predicted octanol–water partition coefficient (Wildman–Crippen LogP) is 14.5. The first-order valence-corrected chi connectivity index (χ1v) is 21.8. The molecule has 62 heavy (non-hydrogen) atoms. The summed E-state index contributed by atoms with van der Waals surface area (Å²) in [6.07, 6.45) is 0. The van der Waals surface area contributed by atoms with Gasteiger partial charge in [-0.2, -0.15) is 9.13 Å². The van der Waals surface area contributed by atoms with Crippen molar-refractivity contribution >= 4 is 56.5 Å². The Balaban J connectivity index is 0. The molecule has 8 heterocycles. The van der Waals surface area contributed by atoms with Crippen molar-refractivity contribution in [2.24, 2.45) is 20.0 Å². The third-order valence-electron chi connectivity index (χ3n) is 9.38. The second kappa shape index (κ2) is 26.1. The van der Waals surface area contributed by atoms with Crippen molar-refractivity contribution in [3.63, 3.8) is 0 Å². The minimum atomic E-state index is -0.923. The smallest absolute Gasteiger partial charge is 0.192 e. The van der Waals surface area contributed by atoms with Crippen molar-refractivity contribution < 1.29 is 41.9 Å². The number of nitrogens with zero attached hydrogens (tertiary/aromatic N) is 8. The largest absolute Gasteiger partial charge is 0.404 e. The molecule has 1 spiro atoms. The van der Waals surface area contributed by atoms with Crippen molar-refractivity contribution in [3.8, 4) is 0 Å². The second-order valence-corrected chi connectivity index (χ2v) is 11.2. The molecule has 4 aromatic carbocycles. The quantitative estimate of drug-likeness (QED) is 0.136. The van der Waals surface area contributed by atoms with Gasteiger partial charge in [0.2, 0.25) is 22.6 Å². The van der Waals surface area contributed by atoms with E-state index in [1.165, 1.54) is 0 Å². The summed E-state index contributed by atoms with van der Waals surface area (Å²) in [6.45, 7) is 32.0. The molecule has 1 radical (unpaired) electrons. The van der Waals surface area contributed by atoms with E-state index in [1.54, 1.807) is 0 Å². The van der Waals surface area contributed by atoms with Gasteiger partial charge in [-0.15, -0.1) is 9.15 Å². The van der Waals surface area contributed by atoms with Gasteiger partial charge < -0.3 is 0 Å². The van der Waals surface area contributed by atoms with Crippen molar-refractivity contribution in [2.45, 2.75) is 146 Å². The monoisotopic (exact) mass is 918 g/mol. The van der Waals surface area contributed by atoms with Gasteiger partial charge in [-0.3, -0.25) is 0 Å². The molecule has 8 nitrogen and oxygen atoms in total. The summed E-state index contributed by atoms with van der Waals surface area (Å²) in [6, 6.07) is 34.0. The van der Waals surface area contributed by atoms with Crippen LogP contribution in [0, 0.1) is 0 Å². The molecule has 333 valence electrons. The van der Waals surface area contributed by atoms with Gasteiger partial charge >= 0.3 is 5.91 Å². The Morgan fingerprint density at radius 3 is 0.952 bits per heavy atom. The van der Waals surface area contributed by atoms with Crippen LogP contribution in [0.25, 0.3) is 21.5 Å². The van der Waals surface area contributed by atoms with Gasteiger partial charge in [0.15, 0.2) is 0 Å². The van der Waals surface area contributed by atoms with Crippen LogP contribution in [0.1, 0.15) is 163 Å². The zero-order chi connectivity index (χ0) is 42.2. The minimum absolute atomic E-state index is 0. The van der Waals surface area contributed by atoms with Crippen LogP contribution in [0.2, 0.25) is 0 Å². The molecular formula is C53H80N8Y+2. The van der Waals surface area contributed by atoms with E-state index in [0.29, 0.717) is 0 Å². The van der Waals surface area contributed by atoms with Gasteiger partial charge in [-0.25, -0.2) is 0 Å². The molecule has 6 aromatic rings. The topological polar surface area (TPSA) is 65.3 Å². The van der Waals surface area contributed by atoms with E-state index < -0.39 is 5.91 Å². The molecule has 6 aliphatic rings. The number of amidine groups is 4. The van der Waals surface area contributed by atoms with Crippen LogP contribution in [0.5, 0.6) is 0 Å². The Bertz CT molecular complexity index is 2480. The Labute approximate surface area is 401 Å². The fourth-order valence-electron chi connectivity index (χ4n) is 7.88. The van der Waals surface area contributed by atoms with E-state index in [-0.39, 0.29) is 62.4 Å². The van der Waals surface area contributed by atoms with E-state index in [4.69, 9.17) is 20.0 Å². The number of aromatic nitrogens is 2. The first-order chi connectivity index (χ1) is 28.4. The normalized spacial score (nSPS) is 13.0. The number of fused-ring (bicyclic) bond motifs is 12. The molecule has 0 aliphatic carbocycles. The number of hydrogen-bond acceptors (Lipinski definition) is 4. The molecular weight excluding hydrogens is 838 g/mol. The van der Waals surface area contributed by atoms with Crippen LogP contribution in [0.4, 0.5) is 11.6 Å². The van der Waals surface area contributed by atoms with Gasteiger partial charge in [0.05, 0.1) is 22.3 Å². The van der Waals surface area contributed by atoms with E-state index in [2.05, 4.69) is 115 Å². The Kier molecular flexibility index (Phi) is 25.0. The Hall–Kier alpha value is -4.66. The van der Waals surface area contributed by atoms with Crippen LogP contribution in [-0.2, 0) is 38.6 Å². The summed E-state index contributed by atoms with van der Waals surface area (Å²) in [4.78, 5) is 21.7. The number of hydrogen-bond donors (Lipinski definition) is 0. The van der Waals surface area contributed by atoms with Gasteiger partial charge in [-0.1, -0.05) is 209 Å². The Morgan fingerprint density at radius 1 is 0.355 bits per heavy atom. The molecule has 0 N–H and O–H groups in total. The van der Waals surface area contributed by atoms with Gasteiger partial charge in [0.25, 0.3) is 23.3 Å². The maximum absolute atomic E-state index is 5.42. The summed E-state index contributed by atoms with van der Waals surface area (Å²) in [7, 11) is 0. The van der Waals surface area contributed by atoms with E-state index in [1.807, 2.05) is 111 Å². The summed E-state index contributed by atoms with van der Waals surface area (Å²) in [5, 5.41) is 4.33. The average Bonchev–Trinajstić information content (AvgIpc) is 4.05. The molecule has 0 unspecified atom stereocenters. The number of aliphatic imine (C=N–C) groups is 2. The molecule has 0 fully saturated rings. The standard InChI is InChI=1S/C33H16N8.8C2H6.4CH4.Y/c1-2-10-18-17(9-1)25-34-27-19-11-3-4-12-20(19)29-36-31-23-15-7-8-16-24(23)32-37-30-22-14-6-5-13-21(22)28-35-26(18)38(25)33(39(27)29,40(28)30)41(31)32;8*1-2;;;;;/h1-16H;8*1-2H3;4*1H4;/q+2;;;;;;;;;;;;;. The molecule has 0 bridgehead atoms. The van der Waals surface area contributed by atoms with Crippen molar-refractivity contribution in [2.75, 3.05) is 0 Å². The second-order valence-electron chi connectivity index (χ2n) is 11.2. The molecule has 6 aliphatic heterocycles. The van der Waals surface area contributed by atoms with Gasteiger partial charge in [0.1, 0.15) is 0 Å². The summed E-state index contributed by atoms with van der Waals surface area (Å²) in [5.41, 5.74) is 6.13. The van der Waals surface area contributed by atoms with Gasteiger partial charge in [-0.05, 0) is 48.5 Å². The zero-order valence-electron chi connectivity index (χ0n) is 37.9. The Morgan fingerprint density at radius 2 is 0.629 bits per heavy atom. The van der Waals surface area contributed by atoms with E-state index in [9.17, 15) is 0 Å². The summed E-state index contributed by atoms with van der Waals surface area (Å²) < 4.78 is 9.32. The molecule has 0 amide bonds. The van der Waals surface area contributed by atoms with Crippen molar-refractivity contribution in [1.82, 2.24) is 9.13 Å². The first kappa shape index (κ1) is 59.4. The van der Waals surface area contributed by atoms with Crippen molar-refractivity contribution in [1.29, 1.82) is 0 Å². The fourth-order valence-corrected chi connectivity index (χ4v) is 7.88. The molecule has 9 heteroatoms. The maximum atomic E-state index is 5.42. The minimum Gasteiger partial charge on any atom is -0.192 e. The van der Waals surface area contributed by atoms with Crippen LogP contribution in [0.3, 0.4) is 0 Å². The fraction of sp³-hybridized carbons (Fsp3) is 0.396. The van der Waals surface area contributed by atoms with E-state index in [0.717, 1.165) is 89.8 Å². The van der Waals surface area contributed by atoms with Crippen LogP contribution >= 0.6 is 0 Å². The first-order valence-electron chi connectivity index (χ1n) is 21.8. The van der Waals surface area contributed by atoms with Crippen LogP contribution in [-0.4, -0.2) is 41.6 Å². The van der Waals surface area contributed by atoms with Crippen LogP contribution in [0.15, 0.2) is 117 Å². The summed E-state index contributed by atoms with van der Waals surface area (Å²) in [5.74, 6) is 4.46. The molecule has 0 atom stereocenters. The third kappa shape index (κ3) is 7.95. The maximum Gasteiger partial charge on any atom is 0.404 e. The SMILES string of the molecule is C.C.C.C.CC.CC.CC.CC.CC.CC.CC.CC.[Y].c1ccc2c(c1)C1=Nc3c4ccccc4c4n3C35n6c(c7ccccc7c6=NC6=[N+]3C(=N4)c3ccccc36)=NC2=[N+]15. The van der Waals surface area contributed by atoms with Crippen LogP contribution < -0.4 is 11.0 Å². The zero-order valence-corrected chi connectivity index (χ0v) is 40.7. The summed E-state index contributed by atoms with van der Waals surface area (Å²) >= 11 is 0. The molecule has 2 aromatic heterocycles. The molecule has 0 saturated carbocycles. The third-order valence-corrected chi connectivity index (χ3v) is 9.38. The molecule has 12 rings (SSSR count). The van der Waals surface area contributed by atoms with Crippen molar-refractivity contribution in [3.05, 3.63) is 130 Å². The van der Waals surface area contributed by atoms with Gasteiger partial charge in [0, 0.05) is 54.3 Å². The number of benzene rings is 4.